The number of fused-ring (bicyclic) bond motifs is 3. The zero-order chi connectivity index (χ0) is 18.1. The van der Waals surface area contributed by atoms with Crippen LogP contribution >= 0.6 is 0 Å². The van der Waals surface area contributed by atoms with Gasteiger partial charge in [-0.2, -0.15) is 0 Å². The number of rotatable bonds is 2. The number of aryl methyl sites for hydroxylation is 1. The van der Waals surface area contributed by atoms with Crippen LogP contribution in [-0.4, -0.2) is 39.6 Å². The Hall–Kier alpha value is -2.48. The van der Waals surface area contributed by atoms with Crippen LogP contribution in [0.2, 0.25) is 0 Å². The Labute approximate surface area is 148 Å². The molecule has 0 aromatic carbocycles. The van der Waals surface area contributed by atoms with Crippen LogP contribution in [0.5, 0.6) is 0 Å². The third kappa shape index (κ3) is 1.99. The van der Waals surface area contributed by atoms with Crippen molar-refractivity contribution in [3.8, 4) is 0 Å². The summed E-state index contributed by atoms with van der Waals surface area (Å²) in [6.07, 6.45) is 4.61. The molecule has 3 N–H and O–H groups in total. The maximum Gasteiger partial charge on any atom is 0.327 e. The van der Waals surface area contributed by atoms with Crippen molar-refractivity contribution in [2.24, 2.45) is 11.3 Å². The van der Waals surface area contributed by atoms with Crippen LogP contribution in [0.1, 0.15) is 41.7 Å². The molecular formula is C18H20N4O4. The van der Waals surface area contributed by atoms with Crippen molar-refractivity contribution in [2.75, 3.05) is 6.61 Å². The summed E-state index contributed by atoms with van der Waals surface area (Å²) < 4.78 is 5.89. The standard InChI is InChI=1S/C18H20N4O4/c1-8-7-10(19-14-11(8)16(24)22-17(25)21-14)15(23)20-12-9-3-6-26-13(9)18(12)4-2-5-18/h7,9,12-13H,2-6H2,1H3,(H,20,23)(H2,19,21,22,24,25). The number of carbonyl (C=O) groups is 1. The molecule has 2 aromatic heterocycles. The number of hydrogen-bond donors (Lipinski definition) is 3. The first-order valence-electron chi connectivity index (χ1n) is 9.06. The van der Waals surface area contributed by atoms with E-state index in [-0.39, 0.29) is 34.8 Å². The quantitative estimate of drug-likeness (QED) is 0.729. The molecule has 3 aliphatic rings. The summed E-state index contributed by atoms with van der Waals surface area (Å²) >= 11 is 0. The number of aromatic amines is 2. The van der Waals surface area contributed by atoms with Gasteiger partial charge in [-0.3, -0.25) is 19.6 Å². The molecule has 2 saturated carbocycles. The van der Waals surface area contributed by atoms with Crippen LogP contribution in [0.3, 0.4) is 0 Å². The Morgan fingerprint density at radius 1 is 1.35 bits per heavy atom. The van der Waals surface area contributed by atoms with Crippen molar-refractivity contribution in [1.29, 1.82) is 0 Å². The summed E-state index contributed by atoms with van der Waals surface area (Å²) in [6, 6.07) is 1.72. The van der Waals surface area contributed by atoms with E-state index in [4.69, 9.17) is 4.74 Å². The fourth-order valence-corrected chi connectivity index (χ4v) is 5.14. The highest BCUT2D eigenvalue weighted by Crippen LogP contribution is 2.62. The van der Waals surface area contributed by atoms with Gasteiger partial charge < -0.3 is 10.1 Å². The Kier molecular flexibility index (Phi) is 3.19. The van der Waals surface area contributed by atoms with Gasteiger partial charge in [0, 0.05) is 24.0 Å². The number of ether oxygens (including phenoxy) is 1. The lowest BCUT2D eigenvalue weighted by atomic mass is 9.46. The van der Waals surface area contributed by atoms with Gasteiger partial charge in [-0.25, -0.2) is 9.78 Å². The average Bonchev–Trinajstić information content (AvgIpc) is 2.94. The van der Waals surface area contributed by atoms with Crippen molar-refractivity contribution in [3.05, 3.63) is 38.2 Å². The lowest BCUT2D eigenvalue weighted by molar-refractivity contribution is -0.172. The zero-order valence-corrected chi connectivity index (χ0v) is 14.4. The molecule has 3 fully saturated rings. The van der Waals surface area contributed by atoms with E-state index in [1.54, 1.807) is 13.0 Å². The van der Waals surface area contributed by atoms with Gasteiger partial charge in [0.15, 0.2) is 0 Å². The van der Waals surface area contributed by atoms with Crippen LogP contribution in [0.4, 0.5) is 0 Å². The Balaban J connectivity index is 1.47. The van der Waals surface area contributed by atoms with E-state index in [0.717, 1.165) is 25.9 Å². The molecule has 1 saturated heterocycles. The number of carbonyl (C=O) groups excluding carboxylic acids is 1. The van der Waals surface area contributed by atoms with E-state index in [9.17, 15) is 14.4 Å². The Bertz CT molecular complexity index is 1040. The maximum atomic E-state index is 12.8. The molecule has 5 rings (SSSR count). The van der Waals surface area contributed by atoms with E-state index in [1.165, 1.54) is 6.42 Å². The van der Waals surface area contributed by atoms with Crippen LogP contribution < -0.4 is 16.6 Å². The van der Waals surface area contributed by atoms with E-state index in [2.05, 4.69) is 20.3 Å². The van der Waals surface area contributed by atoms with Crippen molar-refractivity contribution < 1.29 is 9.53 Å². The highest BCUT2D eigenvalue weighted by atomic mass is 16.5. The van der Waals surface area contributed by atoms with Crippen LogP contribution in [0.15, 0.2) is 15.7 Å². The SMILES string of the molecule is Cc1cc(C(=O)NC2C3CCOC3C23CCC3)nc2[nH]c(=O)[nH]c(=O)c12. The lowest BCUT2D eigenvalue weighted by Gasteiger charge is -2.63. The third-order valence-electron chi connectivity index (χ3n) is 6.46. The van der Waals surface area contributed by atoms with Gasteiger partial charge in [-0.05, 0) is 37.8 Å². The van der Waals surface area contributed by atoms with Crippen LogP contribution in [0.25, 0.3) is 11.0 Å². The van der Waals surface area contributed by atoms with E-state index in [0.29, 0.717) is 16.9 Å². The van der Waals surface area contributed by atoms with Gasteiger partial charge in [0.25, 0.3) is 11.5 Å². The lowest BCUT2D eigenvalue weighted by Crippen LogP contribution is -2.71. The van der Waals surface area contributed by atoms with E-state index in [1.807, 2.05) is 0 Å². The predicted octanol–water partition coefficient (Wildman–Crippen LogP) is 0.607. The molecule has 3 heterocycles. The molecule has 1 amide bonds. The molecule has 8 nitrogen and oxygen atoms in total. The summed E-state index contributed by atoms with van der Waals surface area (Å²) in [5.74, 6) is 0.112. The minimum atomic E-state index is -0.634. The van der Waals surface area contributed by atoms with Crippen LogP contribution in [0, 0.1) is 18.3 Å². The van der Waals surface area contributed by atoms with E-state index >= 15 is 0 Å². The topological polar surface area (TPSA) is 117 Å². The minimum Gasteiger partial charge on any atom is -0.377 e. The fourth-order valence-electron chi connectivity index (χ4n) is 5.14. The number of amides is 1. The van der Waals surface area contributed by atoms with E-state index < -0.39 is 11.2 Å². The molecule has 8 heteroatoms. The zero-order valence-electron chi connectivity index (χ0n) is 14.4. The van der Waals surface area contributed by atoms with Gasteiger partial charge in [0.05, 0.1) is 11.5 Å². The fraction of sp³-hybridized carbons (Fsp3) is 0.556. The number of nitrogens with one attached hydrogen (secondary N) is 3. The largest absolute Gasteiger partial charge is 0.377 e. The van der Waals surface area contributed by atoms with Gasteiger partial charge in [0.2, 0.25) is 0 Å². The summed E-state index contributed by atoms with van der Waals surface area (Å²) in [5, 5.41) is 3.45. The Morgan fingerprint density at radius 2 is 2.15 bits per heavy atom. The minimum absolute atomic E-state index is 0.0914. The second-order valence-electron chi connectivity index (χ2n) is 7.74. The van der Waals surface area contributed by atoms with Crippen molar-refractivity contribution in [2.45, 2.75) is 44.8 Å². The molecule has 0 radical (unpaired) electrons. The smallest absolute Gasteiger partial charge is 0.327 e. The number of H-pyrrole nitrogens is 2. The maximum absolute atomic E-state index is 12.8. The molecule has 1 spiro atoms. The molecule has 0 bridgehead atoms. The number of aromatic nitrogens is 3. The van der Waals surface area contributed by atoms with Gasteiger partial charge in [-0.15, -0.1) is 0 Å². The third-order valence-corrected chi connectivity index (χ3v) is 6.46. The first-order chi connectivity index (χ1) is 12.5. The summed E-state index contributed by atoms with van der Waals surface area (Å²) in [6.45, 7) is 2.49. The molecule has 136 valence electrons. The number of nitrogens with zero attached hydrogens (tertiary/aromatic N) is 1. The van der Waals surface area contributed by atoms with Crippen molar-refractivity contribution in [3.63, 3.8) is 0 Å². The van der Waals surface area contributed by atoms with Crippen molar-refractivity contribution in [1.82, 2.24) is 20.3 Å². The predicted molar refractivity (Wildman–Crippen MR) is 93.1 cm³/mol. The monoisotopic (exact) mass is 356 g/mol. The summed E-state index contributed by atoms with van der Waals surface area (Å²) in [5.41, 5.74) is -0.0872. The van der Waals surface area contributed by atoms with Gasteiger partial charge >= 0.3 is 5.69 Å². The molecule has 2 aliphatic carbocycles. The highest BCUT2D eigenvalue weighted by molar-refractivity contribution is 5.95. The molecule has 3 unspecified atom stereocenters. The second-order valence-corrected chi connectivity index (χ2v) is 7.74. The molecular weight excluding hydrogens is 336 g/mol. The van der Waals surface area contributed by atoms with Crippen molar-refractivity contribution >= 4 is 16.9 Å². The number of hydrogen-bond acceptors (Lipinski definition) is 5. The molecule has 2 aromatic rings. The first kappa shape index (κ1) is 15.7. The summed E-state index contributed by atoms with van der Waals surface area (Å²) in [4.78, 5) is 45.2. The molecule has 26 heavy (non-hydrogen) atoms. The van der Waals surface area contributed by atoms with Crippen LogP contribution in [-0.2, 0) is 4.74 Å². The van der Waals surface area contributed by atoms with Gasteiger partial charge in [0.1, 0.15) is 11.3 Å². The Morgan fingerprint density at radius 3 is 2.88 bits per heavy atom. The average molecular weight is 356 g/mol. The first-order valence-corrected chi connectivity index (χ1v) is 9.06. The normalized spacial score (nSPS) is 28.4. The number of pyridine rings is 1. The molecule has 3 atom stereocenters. The highest BCUT2D eigenvalue weighted by Gasteiger charge is 2.67. The summed E-state index contributed by atoms with van der Waals surface area (Å²) in [7, 11) is 0. The van der Waals surface area contributed by atoms with Gasteiger partial charge in [-0.1, -0.05) is 6.42 Å². The molecule has 1 aliphatic heterocycles. The second kappa shape index (κ2) is 5.26.